The lowest BCUT2D eigenvalue weighted by Crippen LogP contribution is -2.27. The van der Waals surface area contributed by atoms with Crippen molar-refractivity contribution in [3.63, 3.8) is 0 Å². The standard InChI is InChI=1S/C15H19N3O2S/c1-17(9-12-6-4-3-5-7-12)14(20)11-21-15-16-8-13(10-19)18(15)2/h3-8,19H,9-11H2,1-2H3. The minimum atomic E-state index is -0.0497. The van der Waals surface area contributed by atoms with Crippen molar-refractivity contribution in [2.75, 3.05) is 12.8 Å². The van der Waals surface area contributed by atoms with Crippen molar-refractivity contribution in [1.82, 2.24) is 14.5 Å². The van der Waals surface area contributed by atoms with E-state index in [4.69, 9.17) is 5.11 Å². The van der Waals surface area contributed by atoms with Crippen molar-refractivity contribution in [3.05, 3.63) is 47.8 Å². The third-order valence-electron chi connectivity index (χ3n) is 3.22. The van der Waals surface area contributed by atoms with Crippen LogP contribution in [0.3, 0.4) is 0 Å². The lowest BCUT2D eigenvalue weighted by Gasteiger charge is -2.17. The van der Waals surface area contributed by atoms with Crippen molar-refractivity contribution in [2.45, 2.75) is 18.3 Å². The summed E-state index contributed by atoms with van der Waals surface area (Å²) in [6.45, 7) is 0.550. The number of nitrogens with zero attached hydrogens (tertiary/aromatic N) is 3. The molecule has 0 radical (unpaired) electrons. The Morgan fingerprint density at radius 2 is 2.10 bits per heavy atom. The Labute approximate surface area is 128 Å². The molecule has 0 fully saturated rings. The van der Waals surface area contributed by atoms with E-state index < -0.39 is 0 Å². The van der Waals surface area contributed by atoms with Crippen molar-refractivity contribution < 1.29 is 9.90 Å². The average molecular weight is 305 g/mol. The number of thioether (sulfide) groups is 1. The van der Waals surface area contributed by atoms with E-state index in [1.807, 2.05) is 37.4 Å². The summed E-state index contributed by atoms with van der Waals surface area (Å²) in [5.41, 5.74) is 1.85. The van der Waals surface area contributed by atoms with E-state index in [0.29, 0.717) is 12.3 Å². The number of hydrogen-bond acceptors (Lipinski definition) is 4. The first-order chi connectivity index (χ1) is 10.1. The maximum absolute atomic E-state index is 12.1. The molecule has 0 atom stereocenters. The van der Waals surface area contributed by atoms with Gasteiger partial charge in [-0.15, -0.1) is 0 Å². The van der Waals surface area contributed by atoms with E-state index >= 15 is 0 Å². The molecule has 0 spiro atoms. The third kappa shape index (κ3) is 4.09. The lowest BCUT2D eigenvalue weighted by atomic mass is 10.2. The summed E-state index contributed by atoms with van der Waals surface area (Å²) in [6.07, 6.45) is 1.63. The van der Waals surface area contributed by atoms with Crippen molar-refractivity contribution in [1.29, 1.82) is 0 Å². The highest BCUT2D eigenvalue weighted by Gasteiger charge is 2.12. The van der Waals surface area contributed by atoms with Gasteiger partial charge < -0.3 is 14.6 Å². The fourth-order valence-electron chi connectivity index (χ4n) is 1.89. The molecule has 2 aromatic rings. The zero-order valence-corrected chi connectivity index (χ0v) is 13.0. The van der Waals surface area contributed by atoms with Crippen LogP contribution in [0.2, 0.25) is 0 Å². The Bertz CT molecular complexity index is 598. The molecule has 0 unspecified atom stereocenters. The molecule has 1 N–H and O–H groups in total. The molecule has 2 rings (SSSR count). The van der Waals surface area contributed by atoms with Crippen molar-refractivity contribution in [2.24, 2.45) is 7.05 Å². The second-order valence-corrected chi connectivity index (χ2v) is 5.72. The summed E-state index contributed by atoms with van der Waals surface area (Å²) in [4.78, 5) is 18.0. The number of amides is 1. The van der Waals surface area contributed by atoms with Gasteiger partial charge in [0.15, 0.2) is 5.16 Å². The van der Waals surface area contributed by atoms with Crippen LogP contribution in [-0.2, 0) is 25.0 Å². The minimum absolute atomic E-state index is 0.0497. The first kappa shape index (κ1) is 15.6. The highest BCUT2D eigenvalue weighted by molar-refractivity contribution is 7.99. The lowest BCUT2D eigenvalue weighted by molar-refractivity contribution is -0.127. The van der Waals surface area contributed by atoms with Gasteiger partial charge in [-0.2, -0.15) is 0 Å². The summed E-state index contributed by atoms with van der Waals surface area (Å²) in [5, 5.41) is 9.85. The van der Waals surface area contributed by atoms with Crippen LogP contribution < -0.4 is 0 Å². The molecule has 112 valence electrons. The van der Waals surface area contributed by atoms with Crippen LogP contribution in [0.1, 0.15) is 11.3 Å². The first-order valence-electron chi connectivity index (χ1n) is 6.64. The van der Waals surface area contributed by atoms with Gasteiger partial charge in [0.25, 0.3) is 0 Å². The number of aromatic nitrogens is 2. The van der Waals surface area contributed by atoms with E-state index in [2.05, 4.69) is 4.98 Å². The molecule has 1 amide bonds. The zero-order chi connectivity index (χ0) is 15.2. The Morgan fingerprint density at radius 1 is 1.38 bits per heavy atom. The zero-order valence-electron chi connectivity index (χ0n) is 12.2. The number of aliphatic hydroxyl groups excluding tert-OH is 1. The van der Waals surface area contributed by atoms with Gasteiger partial charge in [-0.1, -0.05) is 42.1 Å². The monoisotopic (exact) mass is 305 g/mol. The molecule has 6 heteroatoms. The Kier molecular flexibility index (Phi) is 5.41. The smallest absolute Gasteiger partial charge is 0.233 e. The van der Waals surface area contributed by atoms with Gasteiger partial charge in [-0.3, -0.25) is 4.79 Å². The van der Waals surface area contributed by atoms with E-state index in [0.717, 1.165) is 16.4 Å². The molecule has 5 nitrogen and oxygen atoms in total. The second kappa shape index (κ2) is 7.28. The maximum Gasteiger partial charge on any atom is 0.233 e. The van der Waals surface area contributed by atoms with Crippen molar-refractivity contribution in [3.8, 4) is 0 Å². The van der Waals surface area contributed by atoms with Gasteiger partial charge in [0.05, 0.1) is 24.3 Å². The highest BCUT2D eigenvalue weighted by Crippen LogP contribution is 2.18. The van der Waals surface area contributed by atoms with Gasteiger partial charge in [0, 0.05) is 20.6 Å². The van der Waals surface area contributed by atoms with Gasteiger partial charge >= 0.3 is 0 Å². The topological polar surface area (TPSA) is 58.4 Å². The highest BCUT2D eigenvalue weighted by atomic mass is 32.2. The van der Waals surface area contributed by atoms with Crippen molar-refractivity contribution >= 4 is 17.7 Å². The molecule has 1 aromatic heterocycles. The number of carbonyl (C=O) groups is 1. The van der Waals surface area contributed by atoms with Crippen LogP contribution in [0, 0.1) is 0 Å². The van der Waals surface area contributed by atoms with E-state index in [9.17, 15) is 4.79 Å². The molecular weight excluding hydrogens is 286 g/mol. The number of hydrogen-bond donors (Lipinski definition) is 1. The summed E-state index contributed by atoms with van der Waals surface area (Å²) >= 11 is 1.38. The molecule has 1 heterocycles. The fourth-order valence-corrected chi connectivity index (χ4v) is 2.80. The van der Waals surface area contributed by atoms with Crippen LogP contribution >= 0.6 is 11.8 Å². The van der Waals surface area contributed by atoms with Gasteiger partial charge in [-0.25, -0.2) is 4.98 Å². The Balaban J connectivity index is 1.87. The molecule has 0 saturated carbocycles. The summed E-state index contributed by atoms with van der Waals surface area (Å²) < 4.78 is 1.80. The summed E-state index contributed by atoms with van der Waals surface area (Å²) in [7, 11) is 3.63. The number of benzene rings is 1. The van der Waals surface area contributed by atoms with Crippen LogP contribution in [0.15, 0.2) is 41.7 Å². The predicted octanol–water partition coefficient (Wildman–Crippen LogP) is 1.66. The molecular formula is C15H19N3O2S. The van der Waals surface area contributed by atoms with Crippen LogP contribution in [0.5, 0.6) is 0 Å². The second-order valence-electron chi connectivity index (χ2n) is 4.77. The number of imidazole rings is 1. The molecule has 1 aromatic carbocycles. The van der Waals surface area contributed by atoms with E-state index in [1.54, 1.807) is 22.7 Å². The maximum atomic E-state index is 12.1. The third-order valence-corrected chi connectivity index (χ3v) is 4.25. The number of aliphatic hydroxyl groups is 1. The normalized spacial score (nSPS) is 10.6. The van der Waals surface area contributed by atoms with Crippen LogP contribution in [0.4, 0.5) is 0 Å². The number of rotatable bonds is 6. The summed E-state index contributed by atoms with van der Waals surface area (Å²) in [5.74, 6) is 0.386. The predicted molar refractivity (Wildman–Crippen MR) is 82.8 cm³/mol. The molecule has 21 heavy (non-hydrogen) atoms. The molecule has 0 aliphatic carbocycles. The largest absolute Gasteiger partial charge is 0.390 e. The van der Waals surface area contributed by atoms with Gasteiger partial charge in [-0.05, 0) is 5.56 Å². The average Bonchev–Trinajstić information content (AvgIpc) is 2.86. The Hall–Kier alpha value is -1.79. The molecule has 0 saturated heterocycles. The van der Waals surface area contributed by atoms with Gasteiger partial charge in [0.1, 0.15) is 0 Å². The number of carbonyl (C=O) groups excluding carboxylic acids is 1. The molecule has 0 aliphatic heterocycles. The van der Waals surface area contributed by atoms with Crippen LogP contribution in [-0.4, -0.2) is 38.3 Å². The molecule has 0 aliphatic rings. The Morgan fingerprint density at radius 3 is 2.71 bits per heavy atom. The van der Waals surface area contributed by atoms with E-state index in [-0.39, 0.29) is 12.5 Å². The first-order valence-corrected chi connectivity index (χ1v) is 7.62. The van der Waals surface area contributed by atoms with Gasteiger partial charge in [0.2, 0.25) is 5.91 Å². The quantitative estimate of drug-likeness (QED) is 0.825. The summed E-state index contributed by atoms with van der Waals surface area (Å²) in [6, 6.07) is 9.90. The SMILES string of the molecule is CN(Cc1ccccc1)C(=O)CSc1ncc(CO)n1C. The van der Waals surface area contributed by atoms with E-state index in [1.165, 1.54) is 11.8 Å². The fraction of sp³-hybridized carbons (Fsp3) is 0.333. The minimum Gasteiger partial charge on any atom is -0.390 e. The molecule has 0 bridgehead atoms. The van der Waals surface area contributed by atoms with Crippen LogP contribution in [0.25, 0.3) is 0 Å².